The highest BCUT2D eigenvalue weighted by Crippen LogP contribution is 2.15. The number of carbonyl (C=O) groups excluding carboxylic acids is 1. The van der Waals surface area contributed by atoms with Crippen molar-refractivity contribution in [1.29, 1.82) is 0 Å². The van der Waals surface area contributed by atoms with E-state index in [2.05, 4.69) is 10.3 Å². The summed E-state index contributed by atoms with van der Waals surface area (Å²) in [7, 11) is 0. The van der Waals surface area contributed by atoms with Crippen molar-refractivity contribution in [2.75, 3.05) is 0 Å². The fourth-order valence-corrected chi connectivity index (χ4v) is 1.88. The van der Waals surface area contributed by atoms with Crippen LogP contribution in [0.4, 0.5) is 0 Å². The van der Waals surface area contributed by atoms with Crippen LogP contribution in [0, 0.1) is 0 Å². The fraction of sp³-hybridized carbons (Fsp3) is 0.500. The zero-order valence-electron chi connectivity index (χ0n) is 11.3. The molecule has 0 fully saturated rings. The van der Waals surface area contributed by atoms with Crippen LogP contribution in [-0.4, -0.2) is 32.5 Å². The number of aliphatic carboxylic acids is 1. The van der Waals surface area contributed by atoms with Gasteiger partial charge in [0, 0.05) is 11.8 Å². The van der Waals surface area contributed by atoms with Crippen molar-refractivity contribution in [3.8, 4) is 0 Å². The molecule has 8 nitrogen and oxygen atoms in total. The lowest BCUT2D eigenvalue weighted by Crippen LogP contribution is -2.54. The van der Waals surface area contributed by atoms with Crippen molar-refractivity contribution < 1.29 is 14.7 Å². The van der Waals surface area contributed by atoms with Gasteiger partial charge in [-0.1, -0.05) is 13.8 Å². The Hall–Kier alpha value is -2.38. The van der Waals surface area contributed by atoms with Gasteiger partial charge in [-0.25, -0.2) is 9.59 Å². The van der Waals surface area contributed by atoms with E-state index in [1.54, 1.807) is 13.8 Å². The van der Waals surface area contributed by atoms with Crippen molar-refractivity contribution in [3.63, 3.8) is 0 Å². The first-order valence-corrected chi connectivity index (χ1v) is 6.20. The first-order chi connectivity index (χ1) is 9.32. The maximum atomic E-state index is 11.9. The van der Waals surface area contributed by atoms with Crippen LogP contribution in [0.2, 0.25) is 0 Å². The van der Waals surface area contributed by atoms with Gasteiger partial charge in [0.25, 0.3) is 5.56 Å². The number of aromatic amines is 2. The van der Waals surface area contributed by atoms with Gasteiger partial charge in [0.2, 0.25) is 5.91 Å². The molecule has 8 heteroatoms. The minimum absolute atomic E-state index is 0.128. The largest absolute Gasteiger partial charge is 0.480 e. The topological polar surface area (TPSA) is 132 Å². The number of nitrogens with one attached hydrogen (secondary N) is 3. The smallest absolute Gasteiger partial charge is 0.329 e. The number of rotatable bonds is 6. The third-order valence-corrected chi connectivity index (χ3v) is 3.16. The number of carboxylic acids is 1. The van der Waals surface area contributed by atoms with Crippen molar-refractivity contribution in [3.05, 3.63) is 32.6 Å². The maximum absolute atomic E-state index is 11.9. The van der Waals surface area contributed by atoms with Gasteiger partial charge in [-0.3, -0.25) is 14.6 Å². The number of carboxylic acid groups (broad SMARTS) is 1. The zero-order chi connectivity index (χ0) is 15.3. The van der Waals surface area contributed by atoms with E-state index in [0.29, 0.717) is 0 Å². The summed E-state index contributed by atoms with van der Waals surface area (Å²) in [5.74, 6) is -1.69. The Morgan fingerprint density at radius 1 is 1.25 bits per heavy atom. The summed E-state index contributed by atoms with van der Waals surface area (Å²) in [4.78, 5) is 49.6. The van der Waals surface area contributed by atoms with Crippen LogP contribution < -0.4 is 16.6 Å². The summed E-state index contributed by atoms with van der Waals surface area (Å²) in [6.07, 6.45) is 0.196. The molecule has 0 radical (unpaired) electrons. The van der Waals surface area contributed by atoms with E-state index in [-0.39, 0.29) is 25.0 Å². The molecule has 0 aromatic carbocycles. The summed E-state index contributed by atoms with van der Waals surface area (Å²) in [5, 5.41) is 11.6. The van der Waals surface area contributed by atoms with Crippen molar-refractivity contribution in [1.82, 2.24) is 15.3 Å². The van der Waals surface area contributed by atoms with E-state index >= 15 is 0 Å². The van der Waals surface area contributed by atoms with Crippen LogP contribution in [0.1, 0.15) is 32.4 Å². The first-order valence-electron chi connectivity index (χ1n) is 6.20. The Morgan fingerprint density at radius 3 is 2.30 bits per heavy atom. The number of H-pyrrole nitrogens is 2. The number of aromatic nitrogens is 2. The van der Waals surface area contributed by atoms with Gasteiger partial charge in [-0.15, -0.1) is 0 Å². The molecule has 1 amide bonds. The number of hydrogen-bond acceptors (Lipinski definition) is 4. The highest BCUT2D eigenvalue weighted by Gasteiger charge is 2.36. The second kappa shape index (κ2) is 6.18. The molecule has 1 aromatic heterocycles. The quantitative estimate of drug-likeness (QED) is 0.551. The van der Waals surface area contributed by atoms with Crippen LogP contribution in [0.3, 0.4) is 0 Å². The summed E-state index contributed by atoms with van der Waals surface area (Å²) < 4.78 is 0. The molecule has 4 N–H and O–H groups in total. The second-order valence-electron chi connectivity index (χ2n) is 4.43. The maximum Gasteiger partial charge on any atom is 0.329 e. The third kappa shape index (κ3) is 3.56. The van der Waals surface area contributed by atoms with Gasteiger partial charge < -0.3 is 15.4 Å². The van der Waals surface area contributed by atoms with E-state index < -0.39 is 28.7 Å². The number of amides is 1. The SMILES string of the molecule is CCC(CC)(NC(=O)Cc1cc(=O)[nH]c(=O)[nH]1)C(=O)O. The highest BCUT2D eigenvalue weighted by molar-refractivity contribution is 5.87. The zero-order valence-corrected chi connectivity index (χ0v) is 11.3. The van der Waals surface area contributed by atoms with E-state index in [1.165, 1.54) is 0 Å². The standard InChI is InChI=1S/C12H17N3O5/c1-3-12(4-2,10(18)19)15-9(17)6-7-5-8(16)14-11(20)13-7/h5H,3-4,6H2,1-2H3,(H,15,17)(H,18,19)(H2,13,14,16,20). The molecule has 0 spiro atoms. The van der Waals surface area contributed by atoms with Gasteiger partial charge in [0.1, 0.15) is 5.54 Å². The number of carbonyl (C=O) groups is 2. The molecule has 0 saturated heterocycles. The Kier molecular flexibility index (Phi) is 4.84. The fourth-order valence-electron chi connectivity index (χ4n) is 1.88. The second-order valence-corrected chi connectivity index (χ2v) is 4.43. The molecule has 0 aliphatic carbocycles. The predicted molar refractivity (Wildman–Crippen MR) is 70.5 cm³/mol. The summed E-state index contributed by atoms with van der Waals surface area (Å²) in [6, 6.07) is 1.08. The van der Waals surface area contributed by atoms with Crippen LogP contribution in [0.15, 0.2) is 15.7 Å². The predicted octanol–water partition coefficient (Wildman–Crippen LogP) is -0.635. The lowest BCUT2D eigenvalue weighted by molar-refractivity contribution is -0.148. The molecular weight excluding hydrogens is 266 g/mol. The van der Waals surface area contributed by atoms with E-state index in [9.17, 15) is 24.3 Å². The molecule has 1 aromatic rings. The van der Waals surface area contributed by atoms with Crippen molar-refractivity contribution >= 4 is 11.9 Å². The lowest BCUT2D eigenvalue weighted by atomic mass is 9.92. The van der Waals surface area contributed by atoms with Crippen LogP contribution >= 0.6 is 0 Å². The molecule has 0 saturated carbocycles. The molecular formula is C12H17N3O5. The molecule has 0 atom stereocenters. The van der Waals surface area contributed by atoms with E-state index in [4.69, 9.17) is 0 Å². The van der Waals surface area contributed by atoms with Gasteiger partial charge in [0.15, 0.2) is 0 Å². The van der Waals surface area contributed by atoms with Gasteiger partial charge in [-0.2, -0.15) is 0 Å². The molecule has 110 valence electrons. The summed E-state index contributed by atoms with van der Waals surface area (Å²) in [6.45, 7) is 3.32. The number of hydrogen-bond donors (Lipinski definition) is 4. The lowest BCUT2D eigenvalue weighted by Gasteiger charge is -2.28. The van der Waals surface area contributed by atoms with Crippen molar-refractivity contribution in [2.45, 2.75) is 38.6 Å². The van der Waals surface area contributed by atoms with Gasteiger partial charge in [0.05, 0.1) is 6.42 Å². The molecule has 0 aliphatic heterocycles. The third-order valence-electron chi connectivity index (χ3n) is 3.16. The van der Waals surface area contributed by atoms with Crippen LogP contribution in [0.25, 0.3) is 0 Å². The van der Waals surface area contributed by atoms with E-state index in [1.807, 2.05) is 4.98 Å². The summed E-state index contributed by atoms with van der Waals surface area (Å²) in [5.41, 5.74) is -2.54. The average Bonchev–Trinajstić information content (AvgIpc) is 2.34. The normalized spacial score (nSPS) is 11.1. The minimum atomic E-state index is -1.33. The Labute approximate surface area is 114 Å². The first kappa shape index (κ1) is 15.7. The molecule has 20 heavy (non-hydrogen) atoms. The van der Waals surface area contributed by atoms with E-state index in [0.717, 1.165) is 6.07 Å². The van der Waals surface area contributed by atoms with Crippen LogP contribution in [-0.2, 0) is 16.0 Å². The Bertz CT molecular complexity index is 584. The molecule has 1 rings (SSSR count). The van der Waals surface area contributed by atoms with Crippen LogP contribution in [0.5, 0.6) is 0 Å². The Balaban J connectivity index is 2.88. The molecule has 0 unspecified atom stereocenters. The highest BCUT2D eigenvalue weighted by atomic mass is 16.4. The van der Waals surface area contributed by atoms with Gasteiger partial charge >= 0.3 is 11.7 Å². The van der Waals surface area contributed by atoms with Crippen molar-refractivity contribution in [2.24, 2.45) is 0 Å². The van der Waals surface area contributed by atoms with Gasteiger partial charge in [-0.05, 0) is 12.8 Å². The minimum Gasteiger partial charge on any atom is -0.480 e. The molecule has 0 bridgehead atoms. The average molecular weight is 283 g/mol. The molecule has 1 heterocycles. The summed E-state index contributed by atoms with van der Waals surface area (Å²) >= 11 is 0. The Morgan fingerprint density at radius 2 is 1.85 bits per heavy atom. The molecule has 0 aliphatic rings. The monoisotopic (exact) mass is 283 g/mol.